The molecule has 1 unspecified atom stereocenters. The first-order valence-corrected chi connectivity index (χ1v) is 6.65. The van der Waals surface area contributed by atoms with Crippen LogP contribution in [0.4, 0.5) is 0 Å². The Morgan fingerprint density at radius 2 is 1.73 bits per heavy atom. The molecule has 0 saturated carbocycles. The van der Waals surface area contributed by atoms with E-state index in [0.717, 1.165) is 6.42 Å². The number of unbranched alkanes of at least 4 members (excludes halogenated alkanes) is 3. The van der Waals surface area contributed by atoms with Crippen molar-refractivity contribution < 1.29 is 24.3 Å². The Bertz CT molecular complexity index is 239. The van der Waals surface area contributed by atoms with E-state index in [4.69, 9.17) is 20.6 Å². The molecule has 90 valence electrons. The standard InChI is InChI=1S/C8H18NO5P/c9-7(8(10)11)5-3-1-2-4-6-15(12,13)14/h7H,1-6,9H2,(H,10,11)(H2,12,13,14). The molecule has 0 aromatic carbocycles. The molecule has 6 nitrogen and oxygen atoms in total. The second-order valence-corrected chi connectivity index (χ2v) is 5.31. The highest BCUT2D eigenvalue weighted by molar-refractivity contribution is 7.51. The van der Waals surface area contributed by atoms with Gasteiger partial charge in [-0.15, -0.1) is 0 Å². The molecule has 0 saturated heterocycles. The number of carbonyl (C=O) groups is 1. The molecule has 0 heterocycles. The number of rotatable bonds is 8. The molecule has 0 bridgehead atoms. The van der Waals surface area contributed by atoms with Gasteiger partial charge in [-0.05, 0) is 12.8 Å². The van der Waals surface area contributed by atoms with E-state index >= 15 is 0 Å². The molecule has 0 aliphatic heterocycles. The molecule has 5 N–H and O–H groups in total. The van der Waals surface area contributed by atoms with Crippen LogP contribution in [0, 0.1) is 0 Å². The van der Waals surface area contributed by atoms with Gasteiger partial charge >= 0.3 is 13.6 Å². The summed E-state index contributed by atoms with van der Waals surface area (Å²) in [5.41, 5.74) is 5.28. The summed E-state index contributed by atoms with van der Waals surface area (Å²) < 4.78 is 10.5. The van der Waals surface area contributed by atoms with Crippen LogP contribution in [0.5, 0.6) is 0 Å². The molecule has 0 aromatic rings. The van der Waals surface area contributed by atoms with Crippen LogP contribution in [-0.4, -0.2) is 33.1 Å². The SMILES string of the molecule is NC(CCCCCCP(=O)(O)O)C(=O)O. The van der Waals surface area contributed by atoms with Crippen LogP contribution >= 0.6 is 7.60 Å². The maximum absolute atomic E-state index is 10.5. The van der Waals surface area contributed by atoms with Crippen LogP contribution in [0.25, 0.3) is 0 Å². The zero-order valence-corrected chi connectivity index (χ0v) is 9.40. The number of carboxylic acids is 1. The topological polar surface area (TPSA) is 121 Å². The van der Waals surface area contributed by atoms with Gasteiger partial charge in [0.25, 0.3) is 0 Å². The number of aliphatic carboxylic acids is 1. The lowest BCUT2D eigenvalue weighted by atomic mass is 10.1. The van der Waals surface area contributed by atoms with Crippen LogP contribution < -0.4 is 5.73 Å². The first kappa shape index (κ1) is 14.6. The summed E-state index contributed by atoms with van der Waals surface area (Å²) >= 11 is 0. The van der Waals surface area contributed by atoms with Crippen LogP contribution in [0.15, 0.2) is 0 Å². The van der Waals surface area contributed by atoms with Crippen molar-refractivity contribution in [1.82, 2.24) is 0 Å². The van der Waals surface area contributed by atoms with Gasteiger partial charge in [0, 0.05) is 6.16 Å². The van der Waals surface area contributed by atoms with Gasteiger partial charge in [-0.25, -0.2) is 0 Å². The molecule has 0 amide bonds. The lowest BCUT2D eigenvalue weighted by Crippen LogP contribution is -2.29. The van der Waals surface area contributed by atoms with Crippen molar-refractivity contribution in [3.05, 3.63) is 0 Å². The normalized spacial score (nSPS) is 13.8. The molecule has 0 spiro atoms. The van der Waals surface area contributed by atoms with E-state index in [9.17, 15) is 9.36 Å². The van der Waals surface area contributed by atoms with E-state index in [1.807, 2.05) is 0 Å². The molecular formula is C8H18NO5P. The van der Waals surface area contributed by atoms with Crippen molar-refractivity contribution >= 4 is 13.6 Å². The predicted molar refractivity (Wildman–Crippen MR) is 55.6 cm³/mol. The average molecular weight is 239 g/mol. The van der Waals surface area contributed by atoms with Gasteiger partial charge in [0.15, 0.2) is 0 Å². The second-order valence-electron chi connectivity index (χ2n) is 3.54. The molecule has 15 heavy (non-hydrogen) atoms. The van der Waals surface area contributed by atoms with Gasteiger partial charge in [0.2, 0.25) is 0 Å². The van der Waals surface area contributed by atoms with E-state index in [-0.39, 0.29) is 6.16 Å². The van der Waals surface area contributed by atoms with Crippen LogP contribution in [0.2, 0.25) is 0 Å². The fourth-order valence-corrected chi connectivity index (χ4v) is 1.79. The maximum atomic E-state index is 10.5. The number of nitrogens with two attached hydrogens (primary N) is 1. The lowest BCUT2D eigenvalue weighted by Gasteiger charge is -2.06. The van der Waals surface area contributed by atoms with Crippen molar-refractivity contribution in [1.29, 1.82) is 0 Å². The van der Waals surface area contributed by atoms with E-state index in [0.29, 0.717) is 25.7 Å². The predicted octanol–water partition coefficient (Wildman–Crippen LogP) is 0.526. The van der Waals surface area contributed by atoms with Crippen LogP contribution in [0.3, 0.4) is 0 Å². The summed E-state index contributed by atoms with van der Waals surface area (Å²) in [6.45, 7) is 0. The summed E-state index contributed by atoms with van der Waals surface area (Å²) in [5, 5.41) is 8.46. The lowest BCUT2D eigenvalue weighted by molar-refractivity contribution is -0.138. The molecule has 0 aromatic heterocycles. The minimum Gasteiger partial charge on any atom is -0.480 e. The second kappa shape index (κ2) is 6.95. The fraction of sp³-hybridized carbons (Fsp3) is 0.875. The molecule has 0 fully saturated rings. The average Bonchev–Trinajstić information content (AvgIpc) is 2.08. The van der Waals surface area contributed by atoms with Crippen molar-refractivity contribution in [3.63, 3.8) is 0 Å². The zero-order chi connectivity index (χ0) is 11.9. The summed E-state index contributed by atoms with van der Waals surface area (Å²) in [5.74, 6) is -1.01. The first-order valence-electron chi connectivity index (χ1n) is 4.86. The summed E-state index contributed by atoms with van der Waals surface area (Å²) in [4.78, 5) is 27.4. The Hall–Kier alpha value is -0.420. The summed E-state index contributed by atoms with van der Waals surface area (Å²) in [7, 11) is -3.87. The summed E-state index contributed by atoms with van der Waals surface area (Å²) in [6.07, 6.45) is 2.89. The number of carboxylic acid groups (broad SMARTS) is 1. The van der Waals surface area contributed by atoms with Gasteiger partial charge in [-0.3, -0.25) is 9.36 Å². The zero-order valence-electron chi connectivity index (χ0n) is 8.50. The minimum absolute atomic E-state index is 0.0992. The molecule has 7 heteroatoms. The van der Waals surface area contributed by atoms with Crippen LogP contribution in [0.1, 0.15) is 32.1 Å². The van der Waals surface area contributed by atoms with Crippen molar-refractivity contribution in [2.75, 3.05) is 6.16 Å². The summed E-state index contributed by atoms with van der Waals surface area (Å²) in [6, 6.07) is -0.827. The quantitative estimate of drug-likeness (QED) is 0.362. The molecule has 1 atom stereocenters. The number of hydrogen-bond donors (Lipinski definition) is 4. The largest absolute Gasteiger partial charge is 0.480 e. The molecule has 0 aliphatic carbocycles. The first-order chi connectivity index (χ1) is 6.83. The highest BCUT2D eigenvalue weighted by atomic mass is 31.2. The Morgan fingerprint density at radius 1 is 1.20 bits per heavy atom. The Balaban J connectivity index is 3.33. The van der Waals surface area contributed by atoms with Gasteiger partial charge in [0.1, 0.15) is 6.04 Å². The van der Waals surface area contributed by atoms with Crippen molar-refractivity contribution in [2.45, 2.75) is 38.1 Å². The maximum Gasteiger partial charge on any atom is 0.325 e. The Kier molecular flexibility index (Phi) is 6.76. The van der Waals surface area contributed by atoms with Crippen LogP contribution in [-0.2, 0) is 9.36 Å². The molecular weight excluding hydrogens is 221 g/mol. The molecule has 0 aliphatic rings. The monoisotopic (exact) mass is 239 g/mol. The third-order valence-electron chi connectivity index (χ3n) is 2.03. The van der Waals surface area contributed by atoms with E-state index in [2.05, 4.69) is 0 Å². The van der Waals surface area contributed by atoms with Gasteiger partial charge in [-0.1, -0.05) is 19.3 Å². The Labute approximate surface area is 88.6 Å². The van der Waals surface area contributed by atoms with E-state index in [1.165, 1.54) is 0 Å². The van der Waals surface area contributed by atoms with Crippen molar-refractivity contribution in [2.24, 2.45) is 5.73 Å². The van der Waals surface area contributed by atoms with Gasteiger partial charge in [0.05, 0.1) is 0 Å². The number of hydrogen-bond acceptors (Lipinski definition) is 3. The fourth-order valence-electron chi connectivity index (χ4n) is 1.16. The molecule has 0 rings (SSSR count). The van der Waals surface area contributed by atoms with Crippen molar-refractivity contribution in [3.8, 4) is 0 Å². The Morgan fingerprint density at radius 3 is 2.20 bits per heavy atom. The third kappa shape index (κ3) is 9.87. The third-order valence-corrected chi connectivity index (χ3v) is 2.93. The van der Waals surface area contributed by atoms with Gasteiger partial charge in [-0.2, -0.15) is 0 Å². The highest BCUT2D eigenvalue weighted by Gasteiger charge is 2.12. The minimum atomic E-state index is -3.87. The van der Waals surface area contributed by atoms with E-state index in [1.54, 1.807) is 0 Å². The smallest absolute Gasteiger partial charge is 0.325 e. The molecule has 0 radical (unpaired) electrons. The van der Waals surface area contributed by atoms with E-state index < -0.39 is 19.6 Å². The highest BCUT2D eigenvalue weighted by Crippen LogP contribution is 2.35. The van der Waals surface area contributed by atoms with Gasteiger partial charge < -0.3 is 20.6 Å².